The standard InChI is InChI=1S/C19H22N2O5S2/c1-21(13-5-3-4-6-17(13)28(2,23)24)19(22)16-10-20-18(27-16)12-7-8-14-15(9-12)26-11-25-14/h7-10,13,17H,3-6,11H2,1-2H3. The van der Waals surface area contributed by atoms with Gasteiger partial charge in [-0.25, -0.2) is 13.4 Å². The highest BCUT2D eigenvalue weighted by Crippen LogP contribution is 2.37. The molecule has 150 valence electrons. The van der Waals surface area contributed by atoms with Gasteiger partial charge in [0.15, 0.2) is 21.3 Å². The summed E-state index contributed by atoms with van der Waals surface area (Å²) in [4.78, 5) is 19.5. The molecule has 0 spiro atoms. The third-order valence-corrected chi connectivity index (χ3v) is 8.06. The summed E-state index contributed by atoms with van der Waals surface area (Å²) in [6.07, 6.45) is 5.94. The Morgan fingerprint density at radius 3 is 2.75 bits per heavy atom. The van der Waals surface area contributed by atoms with Crippen LogP contribution in [0.3, 0.4) is 0 Å². The summed E-state index contributed by atoms with van der Waals surface area (Å²) in [6, 6.07) is 5.25. The number of hydrogen-bond acceptors (Lipinski definition) is 7. The molecule has 1 aromatic heterocycles. The van der Waals surface area contributed by atoms with Crippen LogP contribution in [0.25, 0.3) is 10.6 Å². The van der Waals surface area contributed by atoms with Crippen LogP contribution in [0, 0.1) is 0 Å². The second-order valence-electron chi connectivity index (χ2n) is 7.23. The molecule has 0 radical (unpaired) electrons. The molecule has 1 fully saturated rings. The Morgan fingerprint density at radius 1 is 1.21 bits per heavy atom. The summed E-state index contributed by atoms with van der Waals surface area (Å²) in [7, 11) is -1.52. The third kappa shape index (κ3) is 3.60. The molecule has 28 heavy (non-hydrogen) atoms. The van der Waals surface area contributed by atoms with Crippen LogP contribution < -0.4 is 9.47 Å². The van der Waals surface area contributed by atoms with Gasteiger partial charge >= 0.3 is 0 Å². The molecule has 9 heteroatoms. The van der Waals surface area contributed by atoms with Crippen molar-refractivity contribution in [1.82, 2.24) is 9.88 Å². The highest BCUT2D eigenvalue weighted by molar-refractivity contribution is 7.91. The summed E-state index contributed by atoms with van der Waals surface area (Å²) in [6.45, 7) is 0.202. The van der Waals surface area contributed by atoms with Crippen molar-refractivity contribution in [2.45, 2.75) is 37.0 Å². The van der Waals surface area contributed by atoms with Gasteiger partial charge in [-0.15, -0.1) is 11.3 Å². The fourth-order valence-electron chi connectivity index (χ4n) is 3.88. The normalized spacial score (nSPS) is 21.5. The van der Waals surface area contributed by atoms with Crippen molar-refractivity contribution in [2.75, 3.05) is 20.1 Å². The molecule has 4 rings (SSSR count). The lowest BCUT2D eigenvalue weighted by Gasteiger charge is -2.36. The highest BCUT2D eigenvalue weighted by Gasteiger charge is 2.37. The number of benzene rings is 1. The first-order chi connectivity index (χ1) is 13.3. The van der Waals surface area contributed by atoms with Gasteiger partial charge < -0.3 is 14.4 Å². The first-order valence-electron chi connectivity index (χ1n) is 9.16. The molecule has 1 aromatic carbocycles. The maximum Gasteiger partial charge on any atom is 0.265 e. The van der Waals surface area contributed by atoms with Gasteiger partial charge in [0.1, 0.15) is 9.88 Å². The Labute approximate surface area is 168 Å². The molecule has 2 atom stereocenters. The van der Waals surface area contributed by atoms with Crippen LogP contribution in [0.4, 0.5) is 0 Å². The predicted octanol–water partition coefficient (Wildman–Crippen LogP) is 2.97. The molecular weight excluding hydrogens is 400 g/mol. The van der Waals surface area contributed by atoms with Gasteiger partial charge in [-0.05, 0) is 31.0 Å². The number of carbonyl (C=O) groups is 1. The van der Waals surface area contributed by atoms with E-state index in [4.69, 9.17) is 9.47 Å². The van der Waals surface area contributed by atoms with E-state index in [9.17, 15) is 13.2 Å². The lowest BCUT2D eigenvalue weighted by molar-refractivity contribution is 0.0705. The van der Waals surface area contributed by atoms with Crippen LogP contribution in [-0.2, 0) is 9.84 Å². The van der Waals surface area contributed by atoms with Gasteiger partial charge in [0.05, 0.1) is 11.4 Å². The van der Waals surface area contributed by atoms with Crippen LogP contribution in [0.1, 0.15) is 35.4 Å². The number of ether oxygens (including phenoxy) is 2. The Kier molecular flexibility index (Phi) is 5.05. The van der Waals surface area contributed by atoms with E-state index in [1.54, 1.807) is 18.1 Å². The molecule has 0 saturated heterocycles. The summed E-state index contributed by atoms with van der Waals surface area (Å²) in [5, 5.41) is 0.204. The lowest BCUT2D eigenvalue weighted by atomic mass is 9.93. The molecule has 2 aliphatic rings. The Hall–Kier alpha value is -2.13. The summed E-state index contributed by atoms with van der Waals surface area (Å²) < 4.78 is 35.1. The number of sulfone groups is 1. The first-order valence-corrected chi connectivity index (χ1v) is 11.9. The van der Waals surface area contributed by atoms with E-state index in [0.29, 0.717) is 34.2 Å². The quantitative estimate of drug-likeness (QED) is 0.753. The number of carbonyl (C=O) groups excluding carboxylic acids is 1. The number of hydrogen-bond donors (Lipinski definition) is 0. The van der Waals surface area contributed by atoms with E-state index < -0.39 is 15.1 Å². The zero-order chi connectivity index (χ0) is 19.9. The summed E-state index contributed by atoms with van der Waals surface area (Å²) >= 11 is 1.29. The van der Waals surface area contributed by atoms with Gasteiger partial charge in [0, 0.05) is 24.9 Å². The fourth-order valence-corrected chi connectivity index (χ4v) is 6.26. The van der Waals surface area contributed by atoms with Gasteiger partial charge in [-0.2, -0.15) is 0 Å². The van der Waals surface area contributed by atoms with Crippen molar-refractivity contribution in [2.24, 2.45) is 0 Å². The number of aromatic nitrogens is 1. The van der Waals surface area contributed by atoms with Crippen LogP contribution >= 0.6 is 11.3 Å². The molecule has 1 aliphatic carbocycles. The average molecular weight is 423 g/mol. The van der Waals surface area contributed by atoms with E-state index in [1.807, 2.05) is 18.2 Å². The number of amides is 1. The van der Waals surface area contributed by atoms with Crippen molar-refractivity contribution in [3.05, 3.63) is 29.3 Å². The van der Waals surface area contributed by atoms with Crippen molar-refractivity contribution in [1.29, 1.82) is 0 Å². The topological polar surface area (TPSA) is 85.8 Å². The van der Waals surface area contributed by atoms with E-state index in [0.717, 1.165) is 18.4 Å². The zero-order valence-corrected chi connectivity index (χ0v) is 17.4. The largest absolute Gasteiger partial charge is 0.454 e. The minimum Gasteiger partial charge on any atom is -0.454 e. The van der Waals surface area contributed by atoms with E-state index >= 15 is 0 Å². The molecule has 0 bridgehead atoms. The average Bonchev–Trinajstić information content (AvgIpc) is 3.35. The van der Waals surface area contributed by atoms with Crippen LogP contribution in [0.2, 0.25) is 0 Å². The van der Waals surface area contributed by atoms with E-state index in [1.165, 1.54) is 17.6 Å². The number of thiazole rings is 1. The van der Waals surface area contributed by atoms with Gasteiger partial charge in [-0.1, -0.05) is 12.8 Å². The van der Waals surface area contributed by atoms with Gasteiger partial charge in [0.25, 0.3) is 5.91 Å². The van der Waals surface area contributed by atoms with Crippen LogP contribution in [0.5, 0.6) is 11.5 Å². The molecule has 7 nitrogen and oxygen atoms in total. The second kappa shape index (κ2) is 7.36. The number of rotatable bonds is 4. The van der Waals surface area contributed by atoms with Crippen molar-refractivity contribution in [3.8, 4) is 22.1 Å². The molecule has 1 aliphatic heterocycles. The van der Waals surface area contributed by atoms with Crippen LogP contribution in [0.15, 0.2) is 24.4 Å². The third-order valence-electron chi connectivity index (χ3n) is 5.37. The van der Waals surface area contributed by atoms with E-state index in [-0.39, 0.29) is 18.7 Å². The smallest absolute Gasteiger partial charge is 0.265 e. The Balaban J connectivity index is 1.55. The van der Waals surface area contributed by atoms with Crippen molar-refractivity contribution < 1.29 is 22.7 Å². The predicted molar refractivity (Wildman–Crippen MR) is 107 cm³/mol. The van der Waals surface area contributed by atoms with Crippen molar-refractivity contribution >= 4 is 27.1 Å². The summed E-state index contributed by atoms with van der Waals surface area (Å²) in [5.74, 6) is 1.17. The number of nitrogens with zero attached hydrogens (tertiary/aromatic N) is 2. The molecule has 2 heterocycles. The fraction of sp³-hybridized carbons (Fsp3) is 0.474. The molecule has 0 N–H and O–H groups in total. The lowest BCUT2D eigenvalue weighted by Crippen LogP contribution is -2.49. The maximum atomic E-state index is 13.0. The molecular formula is C19H22N2O5S2. The van der Waals surface area contributed by atoms with Crippen LogP contribution in [-0.4, -0.2) is 55.6 Å². The minimum atomic E-state index is -3.21. The SMILES string of the molecule is CN(C(=O)c1cnc(-c2ccc3c(c2)OCO3)s1)C1CCCCC1S(C)(=O)=O. The van der Waals surface area contributed by atoms with Crippen molar-refractivity contribution in [3.63, 3.8) is 0 Å². The summed E-state index contributed by atoms with van der Waals surface area (Å²) in [5.41, 5.74) is 0.850. The highest BCUT2D eigenvalue weighted by atomic mass is 32.2. The maximum absolute atomic E-state index is 13.0. The first kappa shape index (κ1) is 19.2. The minimum absolute atomic E-state index is 0.190. The molecule has 2 unspecified atom stereocenters. The van der Waals surface area contributed by atoms with Gasteiger partial charge in [0.2, 0.25) is 6.79 Å². The zero-order valence-electron chi connectivity index (χ0n) is 15.8. The van der Waals surface area contributed by atoms with Gasteiger partial charge in [-0.3, -0.25) is 4.79 Å². The monoisotopic (exact) mass is 422 g/mol. The molecule has 2 aromatic rings. The second-order valence-corrected chi connectivity index (χ2v) is 10.5. The number of fused-ring (bicyclic) bond motifs is 1. The molecule has 1 amide bonds. The molecule has 1 saturated carbocycles. The Bertz CT molecular complexity index is 1000. The Morgan fingerprint density at radius 2 is 1.96 bits per heavy atom. The van der Waals surface area contributed by atoms with E-state index in [2.05, 4.69) is 4.98 Å².